The Morgan fingerprint density at radius 3 is 2.29 bits per heavy atom. The summed E-state index contributed by atoms with van der Waals surface area (Å²) in [5.74, 6) is 1.09. The fourth-order valence-corrected chi connectivity index (χ4v) is 4.58. The summed E-state index contributed by atoms with van der Waals surface area (Å²) < 4.78 is 27.0. The maximum Gasteiger partial charge on any atom is 0.211 e. The zero-order chi connectivity index (χ0) is 15.6. The lowest BCUT2D eigenvalue weighted by atomic mass is 9.84. The van der Waals surface area contributed by atoms with Crippen LogP contribution in [0.25, 0.3) is 0 Å². The fourth-order valence-electron chi connectivity index (χ4n) is 3.13. The van der Waals surface area contributed by atoms with Crippen molar-refractivity contribution in [3.05, 3.63) is 0 Å². The molecule has 0 aromatic heterocycles. The third kappa shape index (κ3) is 8.79. The molecule has 0 aromatic carbocycles. The lowest BCUT2D eigenvalue weighted by Crippen LogP contribution is -2.39. The molecule has 0 bridgehead atoms. The second kappa shape index (κ2) is 10.6. The monoisotopic (exact) mass is 318 g/mol. The molecule has 0 aliphatic heterocycles. The summed E-state index contributed by atoms with van der Waals surface area (Å²) in [4.78, 5) is 0. The van der Waals surface area contributed by atoms with E-state index in [9.17, 15) is 8.42 Å². The molecule has 0 heterocycles. The van der Waals surface area contributed by atoms with E-state index in [-0.39, 0.29) is 11.8 Å². The minimum atomic E-state index is -3.08. The first-order valence-corrected chi connectivity index (χ1v) is 10.4. The predicted octanol–water partition coefficient (Wildman–Crippen LogP) is 3.04. The molecule has 4 nitrogen and oxygen atoms in total. The maximum atomic E-state index is 12.1. The van der Waals surface area contributed by atoms with E-state index in [2.05, 4.69) is 23.9 Å². The molecule has 5 heteroatoms. The van der Waals surface area contributed by atoms with Crippen LogP contribution in [0, 0.1) is 5.92 Å². The van der Waals surface area contributed by atoms with Gasteiger partial charge in [-0.2, -0.15) is 0 Å². The van der Waals surface area contributed by atoms with E-state index in [1.165, 1.54) is 25.7 Å². The normalized spacial score (nSPS) is 23.3. The summed E-state index contributed by atoms with van der Waals surface area (Å²) in [5, 5.41) is 3.30. The zero-order valence-electron chi connectivity index (χ0n) is 13.9. The Kier molecular flexibility index (Phi) is 9.52. The number of unbranched alkanes of at least 4 members (excludes halogenated alkanes) is 1. The van der Waals surface area contributed by atoms with Crippen LogP contribution in [-0.2, 0) is 10.0 Å². The quantitative estimate of drug-likeness (QED) is 0.576. The second-order valence-corrected chi connectivity index (χ2v) is 8.27. The van der Waals surface area contributed by atoms with E-state index in [1.807, 2.05) is 0 Å². The van der Waals surface area contributed by atoms with Gasteiger partial charge in [-0.25, -0.2) is 13.1 Å². The molecule has 1 rings (SSSR count). The molecular weight excluding hydrogens is 284 g/mol. The van der Waals surface area contributed by atoms with Gasteiger partial charge in [0, 0.05) is 6.04 Å². The highest BCUT2D eigenvalue weighted by molar-refractivity contribution is 7.89. The van der Waals surface area contributed by atoms with Crippen molar-refractivity contribution in [2.24, 2.45) is 5.92 Å². The van der Waals surface area contributed by atoms with Crippen molar-refractivity contribution in [1.29, 1.82) is 0 Å². The van der Waals surface area contributed by atoms with E-state index in [0.29, 0.717) is 0 Å². The van der Waals surface area contributed by atoms with Crippen LogP contribution in [0.15, 0.2) is 0 Å². The van der Waals surface area contributed by atoms with Crippen molar-refractivity contribution in [3.8, 4) is 0 Å². The Balaban J connectivity index is 2.15. The lowest BCUT2D eigenvalue weighted by Gasteiger charge is -2.28. The molecule has 2 N–H and O–H groups in total. The maximum absolute atomic E-state index is 12.1. The van der Waals surface area contributed by atoms with E-state index >= 15 is 0 Å². The van der Waals surface area contributed by atoms with Gasteiger partial charge in [0.25, 0.3) is 0 Å². The third-order valence-electron chi connectivity index (χ3n) is 4.33. The van der Waals surface area contributed by atoms with Gasteiger partial charge >= 0.3 is 0 Å². The molecule has 1 fully saturated rings. The molecule has 1 aliphatic rings. The standard InChI is InChI=1S/C16H34N2O2S/c1-3-7-15-8-10-16(11-9-15)18-21(19,20)14-6-5-13-17-12-4-2/h15-18H,3-14H2,1-2H3. The van der Waals surface area contributed by atoms with Gasteiger partial charge in [-0.05, 0) is 64.0 Å². The van der Waals surface area contributed by atoms with Crippen molar-refractivity contribution < 1.29 is 8.42 Å². The van der Waals surface area contributed by atoms with Gasteiger partial charge in [-0.1, -0.05) is 26.7 Å². The van der Waals surface area contributed by atoms with Crippen LogP contribution in [0.3, 0.4) is 0 Å². The second-order valence-electron chi connectivity index (χ2n) is 6.40. The lowest BCUT2D eigenvalue weighted by molar-refractivity contribution is 0.297. The molecule has 0 radical (unpaired) electrons. The van der Waals surface area contributed by atoms with Crippen LogP contribution >= 0.6 is 0 Å². The van der Waals surface area contributed by atoms with Crippen molar-refractivity contribution in [2.45, 2.75) is 77.7 Å². The zero-order valence-corrected chi connectivity index (χ0v) is 14.7. The van der Waals surface area contributed by atoms with Crippen molar-refractivity contribution in [1.82, 2.24) is 10.0 Å². The fraction of sp³-hybridized carbons (Fsp3) is 1.00. The van der Waals surface area contributed by atoms with Gasteiger partial charge in [0.15, 0.2) is 0 Å². The van der Waals surface area contributed by atoms with E-state index in [0.717, 1.165) is 51.1 Å². The first-order valence-electron chi connectivity index (χ1n) is 8.78. The highest BCUT2D eigenvalue weighted by Gasteiger charge is 2.24. The topological polar surface area (TPSA) is 58.2 Å². The molecule has 0 saturated heterocycles. The Labute approximate surface area is 131 Å². The first kappa shape index (κ1) is 18.9. The summed E-state index contributed by atoms with van der Waals surface area (Å²) in [7, 11) is -3.08. The Morgan fingerprint density at radius 2 is 1.67 bits per heavy atom. The van der Waals surface area contributed by atoms with Gasteiger partial charge < -0.3 is 5.32 Å². The van der Waals surface area contributed by atoms with Crippen LogP contribution in [-0.4, -0.2) is 33.3 Å². The minimum Gasteiger partial charge on any atom is -0.317 e. The molecule has 1 saturated carbocycles. The van der Waals surface area contributed by atoms with Gasteiger partial charge in [-0.15, -0.1) is 0 Å². The first-order chi connectivity index (χ1) is 10.1. The van der Waals surface area contributed by atoms with Gasteiger partial charge in [0.1, 0.15) is 0 Å². The third-order valence-corrected chi connectivity index (χ3v) is 5.85. The van der Waals surface area contributed by atoms with Crippen LogP contribution in [0.1, 0.15) is 71.6 Å². The number of hydrogen-bond donors (Lipinski definition) is 2. The van der Waals surface area contributed by atoms with Gasteiger partial charge in [0.05, 0.1) is 5.75 Å². The molecule has 0 atom stereocenters. The summed E-state index contributed by atoms with van der Waals surface area (Å²) in [6, 6.07) is 0.182. The van der Waals surface area contributed by atoms with E-state index < -0.39 is 10.0 Å². The molecular formula is C16H34N2O2S. The molecule has 0 aromatic rings. The summed E-state index contributed by atoms with van der Waals surface area (Å²) in [6.07, 6.45) is 9.74. The number of hydrogen-bond acceptors (Lipinski definition) is 3. The molecule has 1 aliphatic carbocycles. The van der Waals surface area contributed by atoms with Crippen molar-refractivity contribution in [2.75, 3.05) is 18.8 Å². The van der Waals surface area contributed by atoms with Gasteiger partial charge in [0.2, 0.25) is 10.0 Å². The average molecular weight is 319 g/mol. The van der Waals surface area contributed by atoms with Crippen LogP contribution in [0.5, 0.6) is 0 Å². The van der Waals surface area contributed by atoms with Crippen LogP contribution < -0.4 is 10.0 Å². The van der Waals surface area contributed by atoms with Crippen LogP contribution in [0.2, 0.25) is 0 Å². The van der Waals surface area contributed by atoms with Gasteiger partial charge in [-0.3, -0.25) is 0 Å². The molecule has 0 spiro atoms. The predicted molar refractivity (Wildman–Crippen MR) is 90.0 cm³/mol. The molecule has 126 valence electrons. The average Bonchev–Trinajstić information content (AvgIpc) is 2.45. The summed E-state index contributed by atoms with van der Waals surface area (Å²) >= 11 is 0. The van der Waals surface area contributed by atoms with Crippen molar-refractivity contribution >= 4 is 10.0 Å². The number of sulfonamides is 1. The summed E-state index contributed by atoms with van der Waals surface area (Å²) in [5.41, 5.74) is 0. The van der Waals surface area contributed by atoms with Crippen LogP contribution in [0.4, 0.5) is 0 Å². The molecule has 0 unspecified atom stereocenters. The smallest absolute Gasteiger partial charge is 0.211 e. The number of rotatable bonds is 11. The SMILES string of the molecule is CCCNCCCCS(=O)(=O)NC1CCC(CCC)CC1. The highest BCUT2D eigenvalue weighted by Crippen LogP contribution is 2.28. The van der Waals surface area contributed by atoms with E-state index in [1.54, 1.807) is 0 Å². The summed E-state index contributed by atoms with van der Waals surface area (Å²) in [6.45, 7) is 6.30. The number of nitrogens with one attached hydrogen (secondary N) is 2. The Hall–Kier alpha value is -0.130. The van der Waals surface area contributed by atoms with Crippen molar-refractivity contribution in [3.63, 3.8) is 0 Å². The molecule has 0 amide bonds. The Morgan fingerprint density at radius 1 is 0.952 bits per heavy atom. The molecule has 21 heavy (non-hydrogen) atoms. The largest absolute Gasteiger partial charge is 0.317 e. The highest BCUT2D eigenvalue weighted by atomic mass is 32.2. The van der Waals surface area contributed by atoms with E-state index in [4.69, 9.17) is 0 Å². The minimum absolute atomic E-state index is 0.182. The Bertz CT molecular complexity index is 349.